The molecule has 1 nitrogen and oxygen atoms in total. The average molecular weight is 306 g/mol. The molecule has 0 radical (unpaired) electrons. The van der Waals surface area contributed by atoms with E-state index in [0.717, 1.165) is 16.0 Å². The van der Waals surface area contributed by atoms with Crippen LogP contribution in [0.5, 0.6) is 5.75 Å². The number of rotatable bonds is 1. The highest BCUT2D eigenvalue weighted by Gasteiger charge is 2.13. The van der Waals surface area contributed by atoms with Crippen molar-refractivity contribution in [1.82, 2.24) is 0 Å². The maximum absolute atomic E-state index is 5.83. The molecular weight excluding hydrogens is 291 g/mol. The van der Waals surface area contributed by atoms with Gasteiger partial charge in [0.15, 0.2) is 0 Å². The summed E-state index contributed by atoms with van der Waals surface area (Å²) in [5.41, 5.74) is -0.102. The van der Waals surface area contributed by atoms with Gasteiger partial charge < -0.3 is 4.74 Å². The molecule has 1 aromatic rings. The van der Waals surface area contributed by atoms with Crippen LogP contribution in [-0.4, -0.2) is 15.8 Å². The van der Waals surface area contributed by atoms with Crippen molar-refractivity contribution in [2.24, 2.45) is 0 Å². The zero-order valence-corrected chi connectivity index (χ0v) is 12.7. The molecule has 0 spiro atoms. The Kier molecular flexibility index (Phi) is 3.40. The molecule has 0 aromatic heterocycles. The smallest absolute Gasteiger partial charge is 0.133 e. The van der Waals surface area contributed by atoms with Gasteiger partial charge in [0.05, 0.1) is 3.57 Å². The van der Waals surface area contributed by atoms with Crippen molar-refractivity contribution in [3.63, 3.8) is 0 Å². The molecule has 1 rings (SSSR count). The van der Waals surface area contributed by atoms with Crippen molar-refractivity contribution in [1.29, 1.82) is 0 Å². The largest absolute Gasteiger partial charge is 0.487 e. The summed E-state index contributed by atoms with van der Waals surface area (Å²) in [5.74, 6) is 1.01. The van der Waals surface area contributed by atoms with Crippen LogP contribution >= 0.6 is 22.6 Å². The van der Waals surface area contributed by atoms with E-state index in [4.69, 9.17) is 4.74 Å². The van der Waals surface area contributed by atoms with Gasteiger partial charge in [0.1, 0.15) is 11.4 Å². The first kappa shape index (κ1) is 11.0. The van der Waals surface area contributed by atoms with Crippen LogP contribution < -0.4 is 9.92 Å². The number of benzene rings is 1. The van der Waals surface area contributed by atoms with Crippen LogP contribution in [0.4, 0.5) is 0 Å². The summed E-state index contributed by atoms with van der Waals surface area (Å²) in [7, 11) is 1.08. The fourth-order valence-electron chi connectivity index (χ4n) is 1.02. The second-order valence-corrected chi connectivity index (χ2v) is 6.47. The topological polar surface area (TPSA) is 9.23 Å². The first-order chi connectivity index (χ1) is 5.88. The lowest BCUT2D eigenvalue weighted by atomic mass is 10.2. The van der Waals surface area contributed by atoms with Crippen LogP contribution in [-0.2, 0) is 0 Å². The van der Waals surface area contributed by atoms with Crippen molar-refractivity contribution in [2.75, 3.05) is 0 Å². The minimum atomic E-state index is -0.102. The molecule has 0 saturated heterocycles. The maximum Gasteiger partial charge on any atom is 0.133 e. The molecule has 0 heterocycles. The monoisotopic (exact) mass is 306 g/mol. The zero-order valence-electron chi connectivity index (χ0n) is 8.52. The van der Waals surface area contributed by atoms with E-state index in [-0.39, 0.29) is 5.60 Å². The summed E-state index contributed by atoms with van der Waals surface area (Å²) in [6.07, 6.45) is 0. The molecule has 0 bridgehead atoms. The summed E-state index contributed by atoms with van der Waals surface area (Å²) >= 11 is 2.31. The molecule has 0 unspecified atom stereocenters. The Hall–Kier alpha value is -0.0331. The molecule has 0 N–H and O–H groups in total. The highest BCUT2D eigenvalue weighted by atomic mass is 127. The minimum Gasteiger partial charge on any atom is -0.487 e. The van der Waals surface area contributed by atoms with Crippen LogP contribution in [0, 0.1) is 3.57 Å². The molecule has 0 saturated carbocycles. The van der Waals surface area contributed by atoms with Gasteiger partial charge in [0, 0.05) is 10.2 Å². The van der Waals surface area contributed by atoms with Crippen LogP contribution in [0.3, 0.4) is 0 Å². The first-order valence-electron chi connectivity index (χ1n) is 4.34. The molecular formula is C10H15IOSi. The van der Waals surface area contributed by atoms with Crippen LogP contribution in [0.1, 0.15) is 20.8 Å². The molecule has 0 fully saturated rings. The van der Waals surface area contributed by atoms with E-state index < -0.39 is 0 Å². The quantitative estimate of drug-likeness (QED) is 0.564. The Bertz CT molecular complexity index is 304. The fraction of sp³-hybridized carbons (Fsp3) is 0.400. The molecule has 3 heteroatoms. The van der Waals surface area contributed by atoms with E-state index in [1.165, 1.54) is 8.76 Å². The number of hydrogen-bond donors (Lipinski definition) is 0. The number of ether oxygens (including phenoxy) is 1. The molecule has 0 aliphatic carbocycles. The summed E-state index contributed by atoms with van der Waals surface area (Å²) < 4.78 is 7.02. The maximum atomic E-state index is 5.83. The molecule has 13 heavy (non-hydrogen) atoms. The van der Waals surface area contributed by atoms with Crippen molar-refractivity contribution in [2.45, 2.75) is 26.4 Å². The lowest BCUT2D eigenvalue weighted by Crippen LogP contribution is -2.24. The Morgan fingerprint density at radius 2 is 1.92 bits per heavy atom. The van der Waals surface area contributed by atoms with Crippen molar-refractivity contribution in [3.05, 3.63) is 21.8 Å². The van der Waals surface area contributed by atoms with Gasteiger partial charge in [-0.15, -0.1) is 0 Å². The summed E-state index contributed by atoms with van der Waals surface area (Å²) in [5, 5.41) is 1.37. The van der Waals surface area contributed by atoms with Gasteiger partial charge in [-0.1, -0.05) is 11.3 Å². The Morgan fingerprint density at radius 3 is 2.46 bits per heavy atom. The fourth-order valence-corrected chi connectivity index (χ4v) is 1.89. The predicted octanol–water partition coefficient (Wildman–Crippen LogP) is 1.46. The third-order valence-electron chi connectivity index (χ3n) is 1.50. The average Bonchev–Trinajstić information content (AvgIpc) is 1.94. The van der Waals surface area contributed by atoms with Gasteiger partial charge in [-0.05, 0) is 55.5 Å². The molecule has 0 amide bonds. The molecule has 0 aliphatic heterocycles. The molecule has 1 aromatic carbocycles. The lowest BCUT2D eigenvalue weighted by Gasteiger charge is -2.22. The SMILES string of the molecule is CC(C)(C)Oc1cc([SiH3])ccc1I. The minimum absolute atomic E-state index is 0.102. The number of halogens is 1. The van der Waals surface area contributed by atoms with Crippen molar-refractivity contribution in [3.8, 4) is 5.75 Å². The normalized spacial score (nSPS) is 11.7. The second kappa shape index (κ2) is 4.00. The van der Waals surface area contributed by atoms with Gasteiger partial charge in [-0.3, -0.25) is 0 Å². The standard InChI is InChI=1S/C10H15IOSi/c1-10(2,3)12-9-6-7(13)4-5-8(9)11/h4-6H,1-3,13H3. The van der Waals surface area contributed by atoms with Crippen LogP contribution in [0.2, 0.25) is 0 Å². The van der Waals surface area contributed by atoms with Gasteiger partial charge in [0.25, 0.3) is 0 Å². The van der Waals surface area contributed by atoms with Crippen molar-refractivity contribution >= 4 is 38.0 Å². The second-order valence-electron chi connectivity index (χ2n) is 4.15. The molecule has 0 atom stereocenters. The summed E-state index contributed by atoms with van der Waals surface area (Å²) in [4.78, 5) is 0. The van der Waals surface area contributed by atoms with E-state index in [2.05, 4.69) is 61.6 Å². The van der Waals surface area contributed by atoms with E-state index >= 15 is 0 Å². The van der Waals surface area contributed by atoms with Gasteiger partial charge in [-0.25, -0.2) is 0 Å². The summed E-state index contributed by atoms with van der Waals surface area (Å²) in [6.45, 7) is 6.22. The van der Waals surface area contributed by atoms with E-state index in [9.17, 15) is 0 Å². The molecule has 0 aliphatic rings. The summed E-state index contributed by atoms with van der Waals surface area (Å²) in [6, 6.07) is 6.41. The lowest BCUT2D eigenvalue weighted by molar-refractivity contribution is 0.130. The van der Waals surface area contributed by atoms with Crippen LogP contribution in [0.15, 0.2) is 18.2 Å². The third-order valence-corrected chi connectivity index (χ3v) is 3.02. The third kappa shape index (κ3) is 3.68. The Morgan fingerprint density at radius 1 is 1.31 bits per heavy atom. The van der Waals surface area contributed by atoms with Crippen molar-refractivity contribution < 1.29 is 4.74 Å². The van der Waals surface area contributed by atoms with Gasteiger partial charge in [-0.2, -0.15) is 0 Å². The van der Waals surface area contributed by atoms with E-state index in [1.54, 1.807) is 0 Å². The van der Waals surface area contributed by atoms with E-state index in [0.29, 0.717) is 0 Å². The van der Waals surface area contributed by atoms with Crippen LogP contribution in [0.25, 0.3) is 0 Å². The Balaban J connectivity index is 2.94. The number of hydrogen-bond acceptors (Lipinski definition) is 1. The zero-order chi connectivity index (χ0) is 10.1. The first-order valence-corrected chi connectivity index (χ1v) is 6.41. The highest BCUT2D eigenvalue weighted by molar-refractivity contribution is 14.1. The van der Waals surface area contributed by atoms with Gasteiger partial charge in [0.2, 0.25) is 0 Å². The predicted molar refractivity (Wildman–Crippen MR) is 69.1 cm³/mol. The highest BCUT2D eigenvalue weighted by Crippen LogP contribution is 2.23. The van der Waals surface area contributed by atoms with Gasteiger partial charge >= 0.3 is 0 Å². The Labute approximate surface area is 96.4 Å². The van der Waals surface area contributed by atoms with E-state index in [1.807, 2.05) is 0 Å². The molecule has 72 valence electrons.